The molecule has 1 amide bonds. The van der Waals surface area contributed by atoms with Crippen LogP contribution in [0.3, 0.4) is 0 Å². The number of hydrogen-bond donors (Lipinski definition) is 1. The average molecular weight is 342 g/mol. The number of carbonyl (C=O) groups excluding carboxylic acids is 2. The van der Waals surface area contributed by atoms with E-state index in [2.05, 4.69) is 5.32 Å². The fraction of sp³-hybridized carbons (Fsp3) is 0.158. The summed E-state index contributed by atoms with van der Waals surface area (Å²) >= 11 is 6.00. The second kappa shape index (κ2) is 6.49. The number of amides is 1. The van der Waals surface area contributed by atoms with Crippen molar-refractivity contribution in [1.29, 1.82) is 0 Å². The zero-order chi connectivity index (χ0) is 17.3. The number of benzene rings is 2. The molecular weight excluding hydrogens is 326 g/mol. The van der Waals surface area contributed by atoms with Crippen LogP contribution in [0.25, 0.3) is 11.0 Å². The molecule has 1 heterocycles. The minimum absolute atomic E-state index is 0.0284. The SMILES string of the molecule is CCC(=O)c1cccc(NC(=O)c2oc3ccc(Cl)cc3c2C)c1. The van der Waals surface area contributed by atoms with E-state index in [0.29, 0.717) is 28.3 Å². The fourth-order valence-electron chi connectivity index (χ4n) is 2.57. The Morgan fingerprint density at radius 1 is 1.17 bits per heavy atom. The molecule has 3 aromatic rings. The molecule has 0 atom stereocenters. The highest BCUT2D eigenvalue weighted by atomic mass is 35.5. The Bertz CT molecular complexity index is 943. The average Bonchev–Trinajstić information content (AvgIpc) is 2.91. The minimum Gasteiger partial charge on any atom is -0.451 e. The highest BCUT2D eigenvalue weighted by Crippen LogP contribution is 2.28. The number of Topliss-reactive ketones (excluding diaryl/α,β-unsaturated/α-hetero) is 1. The van der Waals surface area contributed by atoms with Crippen LogP contribution >= 0.6 is 11.6 Å². The number of halogens is 1. The maximum absolute atomic E-state index is 12.5. The second-order valence-corrected chi connectivity index (χ2v) is 5.94. The first-order chi connectivity index (χ1) is 11.5. The highest BCUT2D eigenvalue weighted by molar-refractivity contribution is 6.31. The molecule has 3 rings (SSSR count). The predicted octanol–water partition coefficient (Wildman–Crippen LogP) is 5.24. The van der Waals surface area contributed by atoms with Gasteiger partial charge in [-0.05, 0) is 37.3 Å². The molecule has 0 spiro atoms. The number of aryl methyl sites for hydroxylation is 1. The van der Waals surface area contributed by atoms with Gasteiger partial charge in [0.1, 0.15) is 5.58 Å². The van der Waals surface area contributed by atoms with E-state index in [-0.39, 0.29) is 17.5 Å². The number of ketones is 1. The predicted molar refractivity (Wildman–Crippen MR) is 95.0 cm³/mol. The van der Waals surface area contributed by atoms with E-state index in [9.17, 15) is 9.59 Å². The van der Waals surface area contributed by atoms with Gasteiger partial charge in [-0.1, -0.05) is 30.7 Å². The van der Waals surface area contributed by atoms with Gasteiger partial charge < -0.3 is 9.73 Å². The van der Waals surface area contributed by atoms with Gasteiger partial charge in [-0.25, -0.2) is 0 Å². The van der Waals surface area contributed by atoms with Gasteiger partial charge in [-0.2, -0.15) is 0 Å². The molecule has 5 heteroatoms. The minimum atomic E-state index is -0.360. The number of anilines is 1. The first-order valence-electron chi connectivity index (χ1n) is 7.63. The normalized spacial score (nSPS) is 10.8. The Hall–Kier alpha value is -2.59. The Morgan fingerprint density at radius 2 is 1.96 bits per heavy atom. The Labute approximate surface area is 144 Å². The largest absolute Gasteiger partial charge is 0.451 e. The number of hydrogen-bond acceptors (Lipinski definition) is 3. The van der Waals surface area contributed by atoms with Crippen LogP contribution in [0.4, 0.5) is 5.69 Å². The van der Waals surface area contributed by atoms with Crippen LogP contribution < -0.4 is 5.32 Å². The molecule has 0 saturated carbocycles. The molecule has 0 fully saturated rings. The summed E-state index contributed by atoms with van der Waals surface area (Å²) < 4.78 is 5.65. The van der Waals surface area contributed by atoms with Crippen LogP contribution in [-0.2, 0) is 0 Å². The van der Waals surface area contributed by atoms with E-state index in [1.807, 2.05) is 6.92 Å². The molecule has 0 aliphatic heterocycles. The standard InChI is InChI=1S/C19H16ClNO3/c1-3-16(22)12-5-4-6-14(9-12)21-19(23)18-11(2)15-10-13(20)7-8-17(15)24-18/h4-10H,3H2,1-2H3,(H,21,23). The summed E-state index contributed by atoms with van der Waals surface area (Å²) in [4.78, 5) is 24.3. The molecular formula is C19H16ClNO3. The zero-order valence-electron chi connectivity index (χ0n) is 13.4. The van der Waals surface area contributed by atoms with Crippen molar-refractivity contribution in [2.45, 2.75) is 20.3 Å². The molecule has 1 aromatic heterocycles. The Morgan fingerprint density at radius 3 is 2.71 bits per heavy atom. The molecule has 0 aliphatic rings. The van der Waals surface area contributed by atoms with Gasteiger partial charge >= 0.3 is 0 Å². The monoisotopic (exact) mass is 341 g/mol. The lowest BCUT2D eigenvalue weighted by Crippen LogP contribution is -2.12. The van der Waals surface area contributed by atoms with Gasteiger partial charge in [0.25, 0.3) is 5.91 Å². The van der Waals surface area contributed by atoms with Crippen molar-refractivity contribution in [1.82, 2.24) is 0 Å². The third kappa shape index (κ3) is 3.05. The quantitative estimate of drug-likeness (QED) is 0.660. The highest BCUT2D eigenvalue weighted by Gasteiger charge is 2.18. The van der Waals surface area contributed by atoms with E-state index < -0.39 is 0 Å². The second-order valence-electron chi connectivity index (χ2n) is 5.51. The molecule has 2 aromatic carbocycles. The van der Waals surface area contributed by atoms with Crippen LogP contribution in [0.2, 0.25) is 5.02 Å². The number of carbonyl (C=O) groups is 2. The van der Waals surface area contributed by atoms with Gasteiger partial charge in [-0.15, -0.1) is 0 Å². The summed E-state index contributed by atoms with van der Waals surface area (Å²) in [6.07, 6.45) is 0.418. The van der Waals surface area contributed by atoms with Crippen molar-refractivity contribution in [3.8, 4) is 0 Å². The van der Waals surface area contributed by atoms with Gasteiger partial charge in [0.2, 0.25) is 0 Å². The maximum atomic E-state index is 12.5. The Balaban J connectivity index is 1.90. The molecule has 1 N–H and O–H groups in total. The van der Waals surface area contributed by atoms with Gasteiger partial charge in [0.15, 0.2) is 11.5 Å². The van der Waals surface area contributed by atoms with Crippen LogP contribution in [0.5, 0.6) is 0 Å². The summed E-state index contributed by atoms with van der Waals surface area (Å²) in [5.41, 5.74) is 2.46. The summed E-state index contributed by atoms with van der Waals surface area (Å²) in [7, 11) is 0. The molecule has 24 heavy (non-hydrogen) atoms. The topological polar surface area (TPSA) is 59.3 Å². The molecule has 0 radical (unpaired) electrons. The van der Waals surface area contributed by atoms with E-state index in [0.717, 1.165) is 10.9 Å². The summed E-state index contributed by atoms with van der Waals surface area (Å²) in [5, 5.41) is 4.17. The lowest BCUT2D eigenvalue weighted by molar-refractivity contribution is 0.0982. The first-order valence-corrected chi connectivity index (χ1v) is 8.00. The van der Waals surface area contributed by atoms with Crippen LogP contribution in [-0.4, -0.2) is 11.7 Å². The number of nitrogens with one attached hydrogen (secondary N) is 1. The van der Waals surface area contributed by atoms with Crippen molar-refractivity contribution in [2.75, 3.05) is 5.32 Å². The summed E-state index contributed by atoms with van der Waals surface area (Å²) in [6.45, 7) is 3.62. The number of rotatable bonds is 4. The van der Waals surface area contributed by atoms with Crippen molar-refractivity contribution >= 4 is 39.9 Å². The number of furan rings is 1. The Kier molecular flexibility index (Phi) is 4.40. The first kappa shape index (κ1) is 16.3. The fourth-order valence-corrected chi connectivity index (χ4v) is 2.74. The van der Waals surface area contributed by atoms with E-state index in [1.54, 1.807) is 49.4 Å². The molecule has 0 unspecified atom stereocenters. The van der Waals surface area contributed by atoms with Crippen molar-refractivity contribution in [2.24, 2.45) is 0 Å². The smallest absolute Gasteiger partial charge is 0.291 e. The molecule has 122 valence electrons. The van der Waals surface area contributed by atoms with Crippen molar-refractivity contribution in [3.63, 3.8) is 0 Å². The lowest BCUT2D eigenvalue weighted by Gasteiger charge is -2.06. The van der Waals surface area contributed by atoms with Crippen LogP contribution in [0.1, 0.15) is 39.8 Å². The lowest BCUT2D eigenvalue weighted by atomic mass is 10.1. The van der Waals surface area contributed by atoms with Crippen molar-refractivity contribution in [3.05, 3.63) is 64.4 Å². The third-order valence-corrected chi connectivity index (χ3v) is 4.10. The summed E-state index contributed by atoms with van der Waals surface area (Å²) in [6, 6.07) is 12.1. The van der Waals surface area contributed by atoms with Crippen molar-refractivity contribution < 1.29 is 14.0 Å². The van der Waals surface area contributed by atoms with E-state index in [4.69, 9.17) is 16.0 Å². The van der Waals surface area contributed by atoms with Crippen LogP contribution in [0.15, 0.2) is 46.9 Å². The molecule has 0 saturated heterocycles. The van der Waals surface area contributed by atoms with Gasteiger partial charge in [-0.3, -0.25) is 9.59 Å². The van der Waals surface area contributed by atoms with Gasteiger partial charge in [0, 0.05) is 33.6 Å². The third-order valence-electron chi connectivity index (χ3n) is 3.87. The summed E-state index contributed by atoms with van der Waals surface area (Å²) in [5.74, 6) is -0.0962. The number of fused-ring (bicyclic) bond motifs is 1. The maximum Gasteiger partial charge on any atom is 0.291 e. The molecule has 0 bridgehead atoms. The van der Waals surface area contributed by atoms with E-state index in [1.165, 1.54) is 0 Å². The zero-order valence-corrected chi connectivity index (χ0v) is 14.1. The van der Waals surface area contributed by atoms with Gasteiger partial charge in [0.05, 0.1) is 0 Å². The van der Waals surface area contributed by atoms with Crippen LogP contribution in [0, 0.1) is 6.92 Å². The molecule has 0 aliphatic carbocycles. The molecule has 4 nitrogen and oxygen atoms in total. The van der Waals surface area contributed by atoms with E-state index >= 15 is 0 Å².